The summed E-state index contributed by atoms with van der Waals surface area (Å²) in [5, 5.41) is 2.85. The van der Waals surface area contributed by atoms with Crippen LogP contribution >= 0.6 is 0 Å². The van der Waals surface area contributed by atoms with Crippen LogP contribution in [0.25, 0.3) is 17.0 Å². The number of amides is 3. The van der Waals surface area contributed by atoms with Crippen molar-refractivity contribution in [3.63, 3.8) is 0 Å². The largest absolute Gasteiger partial charge is 0.497 e. The van der Waals surface area contributed by atoms with Gasteiger partial charge in [-0.15, -0.1) is 0 Å². The zero-order valence-corrected chi connectivity index (χ0v) is 33.5. The Morgan fingerprint density at radius 3 is 2.09 bits per heavy atom. The van der Waals surface area contributed by atoms with Crippen LogP contribution in [0.2, 0.25) is 0 Å². The Kier molecular flexibility index (Phi) is 13.4. The highest BCUT2D eigenvalue weighted by Crippen LogP contribution is 2.41. The van der Waals surface area contributed by atoms with Crippen LogP contribution in [-0.4, -0.2) is 62.6 Å². The van der Waals surface area contributed by atoms with Crippen molar-refractivity contribution < 1.29 is 23.3 Å². The Balaban J connectivity index is 1.08. The number of carbonyl (C=O) groups is 3. The minimum Gasteiger partial charge on any atom is -0.497 e. The molecule has 294 valence electrons. The summed E-state index contributed by atoms with van der Waals surface area (Å²) in [6.07, 6.45) is 18.1. The molecule has 56 heavy (non-hydrogen) atoms. The molecule has 3 amide bonds. The van der Waals surface area contributed by atoms with E-state index in [0.717, 1.165) is 52.8 Å². The minimum absolute atomic E-state index is 0.115. The van der Waals surface area contributed by atoms with Gasteiger partial charge in [0.1, 0.15) is 12.3 Å². The molecule has 2 N–H and O–H groups in total. The van der Waals surface area contributed by atoms with Crippen LogP contribution < -0.4 is 14.8 Å². The third-order valence-electron chi connectivity index (χ3n) is 11.1. The van der Waals surface area contributed by atoms with E-state index >= 15 is 0 Å². The highest BCUT2D eigenvalue weighted by Gasteiger charge is 2.28. The molecule has 0 aliphatic heterocycles. The van der Waals surface area contributed by atoms with E-state index in [1.54, 1.807) is 43.5 Å². The van der Waals surface area contributed by atoms with Crippen molar-refractivity contribution in [1.82, 2.24) is 19.6 Å². The smallest absolute Gasteiger partial charge is 0.254 e. The molecule has 2 aliphatic rings. The third-order valence-corrected chi connectivity index (χ3v) is 11.7. The maximum atomic E-state index is 13.8. The van der Waals surface area contributed by atoms with Crippen molar-refractivity contribution in [3.8, 4) is 17.1 Å². The molecule has 6 rings (SSSR count). The summed E-state index contributed by atoms with van der Waals surface area (Å²) in [5.74, 6) is 6.22. The van der Waals surface area contributed by atoms with Crippen molar-refractivity contribution in [2.24, 2.45) is 17.8 Å². The topological polar surface area (TPSA) is 131 Å². The van der Waals surface area contributed by atoms with Crippen LogP contribution in [0.1, 0.15) is 85.3 Å². The fourth-order valence-corrected chi connectivity index (χ4v) is 8.44. The first-order valence-electron chi connectivity index (χ1n) is 19.5. The molecule has 2 atom stereocenters. The third kappa shape index (κ3) is 11.2. The summed E-state index contributed by atoms with van der Waals surface area (Å²) < 4.78 is 19.8. The first-order chi connectivity index (χ1) is 27.0. The van der Waals surface area contributed by atoms with Gasteiger partial charge in [-0.05, 0) is 109 Å². The molecular formula is C45H53N5O5S. The van der Waals surface area contributed by atoms with Gasteiger partial charge in [0.2, 0.25) is 5.91 Å². The Bertz CT molecular complexity index is 2110. The lowest BCUT2D eigenvalue weighted by Gasteiger charge is -2.35. The lowest BCUT2D eigenvalue weighted by Crippen LogP contribution is -2.42. The predicted molar refractivity (Wildman–Crippen MR) is 224 cm³/mol. The second-order valence-corrected chi connectivity index (χ2v) is 17.5. The quantitative estimate of drug-likeness (QED) is 0.125. The van der Waals surface area contributed by atoms with Crippen LogP contribution in [-0.2, 0) is 32.3 Å². The molecule has 0 radical (unpaired) electrons. The van der Waals surface area contributed by atoms with Crippen LogP contribution in [0.15, 0.2) is 91.3 Å². The lowest BCUT2D eigenvalue weighted by molar-refractivity contribution is -0.120. The number of hydrogen-bond acceptors (Lipinski definition) is 7. The Labute approximate surface area is 331 Å². The zero-order valence-electron chi connectivity index (χ0n) is 32.7. The number of rotatable bonds is 14. The predicted octanol–water partition coefficient (Wildman–Crippen LogP) is 7.75. The van der Waals surface area contributed by atoms with Gasteiger partial charge in [-0.25, -0.2) is 14.2 Å². The van der Waals surface area contributed by atoms with Crippen molar-refractivity contribution in [2.75, 3.05) is 25.2 Å². The number of aromatic nitrogens is 2. The van der Waals surface area contributed by atoms with E-state index in [4.69, 9.17) is 14.7 Å². The van der Waals surface area contributed by atoms with Crippen molar-refractivity contribution in [2.45, 2.75) is 71.3 Å². The van der Waals surface area contributed by atoms with Gasteiger partial charge in [0, 0.05) is 57.3 Å². The Hall–Kier alpha value is -5.29. The molecule has 10 nitrogen and oxygen atoms in total. The van der Waals surface area contributed by atoms with Gasteiger partial charge in [0.15, 0.2) is 5.82 Å². The second kappa shape index (κ2) is 18.6. The number of hydrogen-bond donors (Lipinski definition) is 2. The summed E-state index contributed by atoms with van der Waals surface area (Å²) >= 11 is 0. The fraction of sp³-hybridized carbons (Fsp3) is 0.378. The number of ether oxygens (including phenoxy) is 1. The number of carbonyl (C=O) groups excluding carboxylic acids is 3. The fourth-order valence-electron chi connectivity index (χ4n) is 7.89. The Morgan fingerprint density at radius 2 is 1.50 bits per heavy atom. The van der Waals surface area contributed by atoms with E-state index in [2.05, 4.69) is 28.9 Å². The normalized spacial score (nSPS) is 19.2. The van der Waals surface area contributed by atoms with Gasteiger partial charge in [-0.1, -0.05) is 68.7 Å². The van der Waals surface area contributed by atoms with Crippen LogP contribution in [0, 0.1) is 17.8 Å². The van der Waals surface area contributed by atoms with E-state index in [0.29, 0.717) is 22.8 Å². The number of methoxy groups -OCH3 is 1. The van der Waals surface area contributed by atoms with Gasteiger partial charge in [0.05, 0.1) is 13.5 Å². The lowest BCUT2D eigenvalue weighted by atomic mass is 9.71. The van der Waals surface area contributed by atoms with Gasteiger partial charge >= 0.3 is 0 Å². The van der Waals surface area contributed by atoms with E-state index < -0.39 is 21.5 Å². The van der Waals surface area contributed by atoms with Crippen LogP contribution in [0.5, 0.6) is 5.75 Å². The maximum Gasteiger partial charge on any atom is 0.254 e. The van der Waals surface area contributed by atoms with Gasteiger partial charge in [-0.2, -0.15) is 0 Å². The Morgan fingerprint density at radius 1 is 0.839 bits per heavy atom. The average molecular weight is 776 g/mol. The average Bonchev–Trinajstić information content (AvgIpc) is 3.20. The molecular weight excluding hydrogens is 723 g/mol. The number of benzene rings is 3. The summed E-state index contributed by atoms with van der Waals surface area (Å²) in [5.41, 5.74) is 5.72. The molecule has 4 aromatic rings. The van der Waals surface area contributed by atoms with Crippen LogP contribution in [0.4, 0.5) is 5.69 Å². The first-order valence-corrected chi connectivity index (χ1v) is 21.7. The van der Waals surface area contributed by atoms with Gasteiger partial charge < -0.3 is 15.0 Å². The SMILES string of the molecule is C=S(C)(=O)NC(=O)CN(Cc1ccc(-c2ncc(C3=CCC(C4CCC(CC)CC4)CC3)cn2)cc1)C(=O)c1ccc(NC(=O)Cc2ccc(OC)cc2)cc1. The summed E-state index contributed by atoms with van der Waals surface area (Å²) in [7, 11) is -1.25. The summed E-state index contributed by atoms with van der Waals surface area (Å²) in [6.45, 7) is 2.11. The highest BCUT2D eigenvalue weighted by molar-refractivity contribution is 7.98. The molecule has 0 saturated heterocycles. The van der Waals surface area contributed by atoms with E-state index in [1.165, 1.54) is 55.3 Å². The van der Waals surface area contributed by atoms with Crippen LogP contribution in [0.3, 0.4) is 0 Å². The molecule has 0 bridgehead atoms. The van der Waals surface area contributed by atoms with E-state index in [-0.39, 0.29) is 25.4 Å². The standard InChI is InChI=1S/C45H53N5O5S/c1-5-31-6-12-34(13-7-31)35-16-18-36(19-17-35)39-27-46-44(47-28-39)37-14-8-33(9-15-37)29-50(30-43(52)49-56(3,4)54)45(53)38-20-22-40(23-21-38)48-42(51)26-32-10-24-41(55-2)25-11-32/h8-11,14-15,18,20-25,27-28,31,34-35H,3,5-7,12-13,16-17,19,26,29-30H2,1-2,4H3,(H,48,51)(H,49,52,54). The van der Waals surface area contributed by atoms with Gasteiger partial charge in [-0.3, -0.25) is 19.1 Å². The molecule has 1 saturated carbocycles. The number of nitrogens with zero attached hydrogens (tertiary/aromatic N) is 3. The summed E-state index contributed by atoms with van der Waals surface area (Å²) in [6, 6.07) is 21.3. The molecule has 3 aromatic carbocycles. The van der Waals surface area contributed by atoms with Gasteiger partial charge in [0.25, 0.3) is 11.8 Å². The van der Waals surface area contributed by atoms with Crippen molar-refractivity contribution in [1.29, 1.82) is 0 Å². The van der Waals surface area contributed by atoms with Crippen molar-refractivity contribution >= 4 is 44.6 Å². The molecule has 2 unspecified atom stereocenters. The monoisotopic (exact) mass is 775 g/mol. The number of nitrogens with one attached hydrogen (secondary N) is 2. The molecule has 1 heterocycles. The zero-order chi connectivity index (χ0) is 39.7. The number of anilines is 1. The minimum atomic E-state index is -2.83. The van der Waals surface area contributed by atoms with Crippen molar-refractivity contribution in [3.05, 3.63) is 114 Å². The van der Waals surface area contributed by atoms with E-state index in [1.807, 2.05) is 48.8 Å². The number of allylic oxidation sites excluding steroid dienone is 2. The molecule has 11 heteroatoms. The second-order valence-electron chi connectivity index (χ2n) is 15.3. The highest BCUT2D eigenvalue weighted by atomic mass is 32.2. The van der Waals surface area contributed by atoms with E-state index in [9.17, 15) is 18.6 Å². The molecule has 0 spiro atoms. The summed E-state index contributed by atoms with van der Waals surface area (Å²) in [4.78, 5) is 50.1. The first kappa shape index (κ1) is 40.4. The molecule has 2 aliphatic carbocycles. The molecule has 1 aromatic heterocycles. The maximum absolute atomic E-state index is 13.8. The molecule has 1 fully saturated rings.